The highest BCUT2D eigenvalue weighted by molar-refractivity contribution is 8.00. The monoisotopic (exact) mass is 185 g/mol. The summed E-state index contributed by atoms with van der Waals surface area (Å²) in [6.45, 7) is 4.69. The molecule has 1 saturated carbocycles. The van der Waals surface area contributed by atoms with Crippen molar-refractivity contribution in [1.29, 1.82) is 0 Å². The van der Waals surface area contributed by atoms with Gasteiger partial charge in [0.05, 0.1) is 0 Å². The van der Waals surface area contributed by atoms with E-state index in [2.05, 4.69) is 30.9 Å². The van der Waals surface area contributed by atoms with Crippen LogP contribution in [-0.4, -0.2) is 23.1 Å². The SMILES string of the molecule is CC1CC(NC(C)C2CC2)CS1. The Balaban J connectivity index is 1.71. The molecule has 0 spiro atoms. The second kappa shape index (κ2) is 3.59. The van der Waals surface area contributed by atoms with Crippen LogP contribution in [0.5, 0.6) is 0 Å². The third kappa shape index (κ3) is 2.17. The molecule has 1 N–H and O–H groups in total. The molecule has 12 heavy (non-hydrogen) atoms. The fourth-order valence-electron chi connectivity index (χ4n) is 2.04. The van der Waals surface area contributed by atoms with Crippen LogP contribution >= 0.6 is 11.8 Å². The first-order chi connectivity index (χ1) is 5.75. The molecule has 0 bridgehead atoms. The minimum Gasteiger partial charge on any atom is -0.310 e. The van der Waals surface area contributed by atoms with Crippen LogP contribution in [0.15, 0.2) is 0 Å². The minimum atomic E-state index is 0.779. The molecule has 1 heterocycles. The quantitative estimate of drug-likeness (QED) is 0.724. The highest BCUT2D eigenvalue weighted by Gasteiger charge is 2.31. The van der Waals surface area contributed by atoms with Gasteiger partial charge in [-0.15, -0.1) is 0 Å². The number of rotatable bonds is 3. The van der Waals surface area contributed by atoms with E-state index in [1.807, 2.05) is 0 Å². The van der Waals surface area contributed by atoms with Crippen LogP contribution in [0.1, 0.15) is 33.1 Å². The van der Waals surface area contributed by atoms with E-state index in [-0.39, 0.29) is 0 Å². The Morgan fingerprint density at radius 1 is 1.42 bits per heavy atom. The van der Waals surface area contributed by atoms with E-state index in [9.17, 15) is 0 Å². The zero-order valence-electron chi connectivity index (χ0n) is 8.05. The summed E-state index contributed by atoms with van der Waals surface area (Å²) in [6, 6.07) is 1.58. The van der Waals surface area contributed by atoms with Crippen molar-refractivity contribution < 1.29 is 0 Å². The first-order valence-electron chi connectivity index (χ1n) is 5.13. The Hall–Kier alpha value is 0.310. The molecule has 1 nitrogen and oxygen atoms in total. The number of hydrogen-bond donors (Lipinski definition) is 1. The molecule has 1 aliphatic carbocycles. The Morgan fingerprint density at radius 2 is 2.17 bits per heavy atom. The number of nitrogens with one attached hydrogen (secondary N) is 1. The van der Waals surface area contributed by atoms with E-state index in [1.54, 1.807) is 0 Å². The molecule has 0 aromatic rings. The van der Waals surface area contributed by atoms with Crippen LogP contribution in [-0.2, 0) is 0 Å². The van der Waals surface area contributed by atoms with E-state index in [4.69, 9.17) is 0 Å². The Morgan fingerprint density at radius 3 is 2.67 bits per heavy atom. The molecule has 2 rings (SSSR count). The van der Waals surface area contributed by atoms with E-state index >= 15 is 0 Å². The van der Waals surface area contributed by atoms with Crippen LogP contribution in [0.3, 0.4) is 0 Å². The number of hydrogen-bond acceptors (Lipinski definition) is 2. The van der Waals surface area contributed by atoms with Gasteiger partial charge in [-0.3, -0.25) is 0 Å². The van der Waals surface area contributed by atoms with Crippen molar-refractivity contribution in [3.05, 3.63) is 0 Å². The maximum Gasteiger partial charge on any atom is 0.0171 e. The zero-order chi connectivity index (χ0) is 8.55. The smallest absolute Gasteiger partial charge is 0.0171 e. The highest BCUT2D eigenvalue weighted by atomic mass is 32.2. The molecule has 2 fully saturated rings. The lowest BCUT2D eigenvalue weighted by Crippen LogP contribution is -2.37. The predicted molar refractivity (Wildman–Crippen MR) is 55.6 cm³/mol. The Labute approximate surface area is 79.7 Å². The van der Waals surface area contributed by atoms with Crippen molar-refractivity contribution in [2.45, 2.75) is 50.4 Å². The fraction of sp³-hybridized carbons (Fsp3) is 1.00. The van der Waals surface area contributed by atoms with Crippen molar-refractivity contribution in [2.75, 3.05) is 5.75 Å². The molecular weight excluding hydrogens is 166 g/mol. The summed E-state index contributed by atoms with van der Waals surface area (Å²) >= 11 is 2.12. The van der Waals surface area contributed by atoms with Gasteiger partial charge in [-0.1, -0.05) is 6.92 Å². The summed E-state index contributed by atoms with van der Waals surface area (Å²) in [6.07, 6.45) is 4.30. The summed E-state index contributed by atoms with van der Waals surface area (Å²) in [5.41, 5.74) is 0. The average Bonchev–Trinajstić information content (AvgIpc) is 2.78. The highest BCUT2D eigenvalue weighted by Crippen LogP contribution is 2.34. The fourth-order valence-corrected chi connectivity index (χ4v) is 3.20. The molecule has 2 heteroatoms. The van der Waals surface area contributed by atoms with Gasteiger partial charge < -0.3 is 5.32 Å². The largest absolute Gasteiger partial charge is 0.310 e. The van der Waals surface area contributed by atoms with Crippen LogP contribution in [0.2, 0.25) is 0 Å². The van der Waals surface area contributed by atoms with Gasteiger partial charge in [-0.25, -0.2) is 0 Å². The average molecular weight is 185 g/mol. The van der Waals surface area contributed by atoms with Crippen molar-refractivity contribution >= 4 is 11.8 Å². The van der Waals surface area contributed by atoms with Crippen molar-refractivity contribution in [1.82, 2.24) is 5.32 Å². The summed E-state index contributed by atoms with van der Waals surface area (Å²) in [5.74, 6) is 2.34. The lowest BCUT2D eigenvalue weighted by molar-refractivity contribution is 0.429. The molecule has 0 aromatic heterocycles. The van der Waals surface area contributed by atoms with Gasteiger partial charge in [-0.05, 0) is 32.1 Å². The second-order valence-corrected chi connectivity index (χ2v) is 5.84. The third-order valence-electron chi connectivity index (χ3n) is 3.03. The van der Waals surface area contributed by atoms with E-state index in [0.717, 1.165) is 23.3 Å². The maximum atomic E-state index is 3.75. The maximum absolute atomic E-state index is 3.75. The summed E-state index contributed by atoms with van der Waals surface area (Å²) in [5, 5.41) is 4.63. The topological polar surface area (TPSA) is 12.0 Å². The predicted octanol–water partition coefficient (Wildman–Crippen LogP) is 2.27. The van der Waals surface area contributed by atoms with Crippen LogP contribution in [0, 0.1) is 5.92 Å². The lowest BCUT2D eigenvalue weighted by Gasteiger charge is -2.18. The van der Waals surface area contributed by atoms with Gasteiger partial charge in [0.1, 0.15) is 0 Å². The van der Waals surface area contributed by atoms with Gasteiger partial charge in [0.2, 0.25) is 0 Å². The normalized spacial score (nSPS) is 38.5. The summed E-state index contributed by atoms with van der Waals surface area (Å²) < 4.78 is 0. The molecule has 3 atom stereocenters. The van der Waals surface area contributed by atoms with Crippen molar-refractivity contribution in [3.8, 4) is 0 Å². The van der Waals surface area contributed by atoms with E-state index in [0.29, 0.717) is 0 Å². The van der Waals surface area contributed by atoms with Gasteiger partial charge in [0, 0.05) is 23.1 Å². The zero-order valence-corrected chi connectivity index (χ0v) is 8.86. The first-order valence-corrected chi connectivity index (χ1v) is 6.18. The van der Waals surface area contributed by atoms with Gasteiger partial charge in [0.15, 0.2) is 0 Å². The number of thioether (sulfide) groups is 1. The molecule has 1 aliphatic heterocycles. The van der Waals surface area contributed by atoms with Gasteiger partial charge in [0.25, 0.3) is 0 Å². The lowest BCUT2D eigenvalue weighted by atomic mass is 10.1. The second-order valence-electron chi connectivity index (χ2n) is 4.37. The Bertz CT molecular complexity index is 156. The molecule has 70 valence electrons. The van der Waals surface area contributed by atoms with E-state index < -0.39 is 0 Å². The third-order valence-corrected chi connectivity index (χ3v) is 4.38. The molecule has 1 saturated heterocycles. The van der Waals surface area contributed by atoms with Crippen LogP contribution in [0.4, 0.5) is 0 Å². The molecule has 0 amide bonds. The molecule has 0 aromatic carbocycles. The van der Waals surface area contributed by atoms with Crippen LogP contribution in [0.25, 0.3) is 0 Å². The summed E-state index contributed by atoms with van der Waals surface area (Å²) in [7, 11) is 0. The van der Waals surface area contributed by atoms with Crippen molar-refractivity contribution in [2.24, 2.45) is 5.92 Å². The first kappa shape index (κ1) is 8.89. The van der Waals surface area contributed by atoms with Crippen LogP contribution < -0.4 is 5.32 Å². The molecular formula is C10H19NS. The molecule has 3 unspecified atom stereocenters. The summed E-state index contributed by atoms with van der Waals surface area (Å²) in [4.78, 5) is 0. The molecule has 2 aliphatic rings. The van der Waals surface area contributed by atoms with E-state index in [1.165, 1.54) is 25.0 Å². The minimum absolute atomic E-state index is 0.779. The van der Waals surface area contributed by atoms with Gasteiger partial charge >= 0.3 is 0 Å². The van der Waals surface area contributed by atoms with Crippen molar-refractivity contribution in [3.63, 3.8) is 0 Å². The molecule has 0 radical (unpaired) electrons. The Kier molecular flexibility index (Phi) is 2.66. The van der Waals surface area contributed by atoms with Gasteiger partial charge in [-0.2, -0.15) is 11.8 Å². The standard InChI is InChI=1S/C10H19NS/c1-7-5-10(6-12-7)11-8(2)9-3-4-9/h7-11H,3-6H2,1-2H3.